The second kappa shape index (κ2) is 5.80. The quantitative estimate of drug-likeness (QED) is 0.863. The maximum Gasteiger partial charge on any atom is 0.417 e. The molecule has 0 spiro atoms. The van der Waals surface area contributed by atoms with Crippen LogP contribution >= 0.6 is 22.9 Å². The highest BCUT2D eigenvalue weighted by atomic mass is 35.5. The summed E-state index contributed by atoms with van der Waals surface area (Å²) in [5.41, 5.74) is -0.870. The first-order chi connectivity index (χ1) is 9.41. The van der Waals surface area contributed by atoms with Crippen LogP contribution < -0.4 is 5.32 Å². The van der Waals surface area contributed by atoms with E-state index in [0.29, 0.717) is 5.69 Å². The van der Waals surface area contributed by atoms with Gasteiger partial charge in [-0.2, -0.15) is 13.2 Å². The van der Waals surface area contributed by atoms with Crippen LogP contribution in [0.1, 0.15) is 21.6 Å². The Balaban J connectivity index is 2.25. The molecular formula is C12H8ClF3N2OS. The summed E-state index contributed by atoms with van der Waals surface area (Å²) in [5, 5.41) is 4.17. The van der Waals surface area contributed by atoms with Crippen LogP contribution in [0, 0.1) is 0 Å². The van der Waals surface area contributed by atoms with Crippen molar-refractivity contribution >= 4 is 34.0 Å². The first-order valence-corrected chi connectivity index (χ1v) is 6.81. The zero-order valence-electron chi connectivity index (χ0n) is 9.87. The van der Waals surface area contributed by atoms with Gasteiger partial charge in [0.1, 0.15) is 0 Å². The van der Waals surface area contributed by atoms with Gasteiger partial charge in [-0.25, -0.2) is 4.98 Å². The lowest BCUT2D eigenvalue weighted by Crippen LogP contribution is -2.18. The number of nitrogens with zero attached hydrogens (tertiary/aromatic N) is 1. The van der Waals surface area contributed by atoms with E-state index in [4.69, 9.17) is 11.6 Å². The van der Waals surface area contributed by atoms with Crippen molar-refractivity contribution in [2.45, 2.75) is 12.1 Å². The van der Waals surface area contributed by atoms with Crippen LogP contribution in [0.25, 0.3) is 0 Å². The molecule has 106 valence electrons. The number of rotatable bonds is 3. The lowest BCUT2D eigenvalue weighted by molar-refractivity contribution is -0.137. The summed E-state index contributed by atoms with van der Waals surface area (Å²) in [7, 11) is 0. The van der Waals surface area contributed by atoms with Crippen molar-refractivity contribution in [2.75, 3.05) is 5.32 Å². The van der Waals surface area contributed by atoms with E-state index in [9.17, 15) is 18.0 Å². The molecule has 1 aromatic heterocycles. The van der Waals surface area contributed by atoms with Gasteiger partial charge in [-0.15, -0.1) is 22.9 Å². The molecule has 2 rings (SSSR count). The van der Waals surface area contributed by atoms with E-state index in [-0.39, 0.29) is 11.0 Å². The van der Waals surface area contributed by atoms with Crippen molar-refractivity contribution in [3.63, 3.8) is 0 Å². The Bertz CT molecular complexity index is 627. The van der Waals surface area contributed by atoms with Crippen molar-refractivity contribution in [1.82, 2.24) is 4.98 Å². The van der Waals surface area contributed by atoms with Crippen LogP contribution in [0.5, 0.6) is 0 Å². The van der Waals surface area contributed by atoms with Gasteiger partial charge in [-0.1, -0.05) is 12.1 Å². The molecule has 1 aromatic carbocycles. The number of alkyl halides is 4. The minimum absolute atomic E-state index is 0.172. The number of amides is 1. The number of halogens is 4. The van der Waals surface area contributed by atoms with Crippen LogP contribution in [0.4, 0.5) is 18.3 Å². The van der Waals surface area contributed by atoms with Crippen LogP contribution in [0.2, 0.25) is 0 Å². The topological polar surface area (TPSA) is 42.0 Å². The fourth-order valence-corrected chi connectivity index (χ4v) is 2.45. The van der Waals surface area contributed by atoms with E-state index >= 15 is 0 Å². The van der Waals surface area contributed by atoms with E-state index in [0.717, 1.165) is 23.5 Å². The fraction of sp³-hybridized carbons (Fsp3) is 0.167. The highest BCUT2D eigenvalue weighted by Gasteiger charge is 2.34. The monoisotopic (exact) mass is 320 g/mol. The SMILES string of the molecule is O=C(Nc1nc(CCl)cs1)c1ccccc1C(F)(F)F. The Labute approximate surface area is 121 Å². The molecule has 0 unspecified atom stereocenters. The molecule has 1 amide bonds. The third-order valence-corrected chi connectivity index (χ3v) is 3.47. The number of benzene rings is 1. The highest BCUT2D eigenvalue weighted by molar-refractivity contribution is 7.14. The second-order valence-electron chi connectivity index (χ2n) is 3.78. The van der Waals surface area contributed by atoms with Gasteiger partial charge in [-0.3, -0.25) is 10.1 Å². The van der Waals surface area contributed by atoms with E-state index in [2.05, 4.69) is 10.3 Å². The van der Waals surface area contributed by atoms with Gasteiger partial charge in [-0.05, 0) is 12.1 Å². The molecule has 0 aliphatic rings. The lowest BCUT2D eigenvalue weighted by Gasteiger charge is -2.11. The third-order valence-electron chi connectivity index (χ3n) is 2.39. The molecule has 20 heavy (non-hydrogen) atoms. The van der Waals surface area contributed by atoms with Gasteiger partial charge < -0.3 is 0 Å². The minimum atomic E-state index is -4.59. The molecule has 0 saturated carbocycles. The number of aromatic nitrogens is 1. The van der Waals surface area contributed by atoms with Gasteiger partial charge in [0, 0.05) is 5.38 Å². The Morgan fingerprint density at radius 2 is 2.05 bits per heavy atom. The molecule has 3 nitrogen and oxygen atoms in total. The minimum Gasteiger partial charge on any atom is -0.298 e. The van der Waals surface area contributed by atoms with Gasteiger partial charge in [0.2, 0.25) is 0 Å². The third kappa shape index (κ3) is 3.29. The molecule has 0 bridgehead atoms. The molecule has 0 radical (unpaired) electrons. The molecule has 0 aliphatic carbocycles. The summed E-state index contributed by atoms with van der Waals surface area (Å²) in [5.74, 6) is -0.681. The number of carbonyl (C=O) groups excluding carboxylic acids is 1. The summed E-state index contributed by atoms with van der Waals surface area (Å²) in [4.78, 5) is 15.9. The molecule has 0 aliphatic heterocycles. The average Bonchev–Trinajstić information content (AvgIpc) is 2.85. The maximum absolute atomic E-state index is 12.8. The van der Waals surface area contributed by atoms with Gasteiger partial charge in [0.05, 0.1) is 22.7 Å². The van der Waals surface area contributed by atoms with Crippen molar-refractivity contribution < 1.29 is 18.0 Å². The molecule has 0 atom stereocenters. The predicted molar refractivity (Wildman–Crippen MR) is 71.1 cm³/mol. The zero-order chi connectivity index (χ0) is 14.8. The molecule has 1 heterocycles. The Morgan fingerprint density at radius 1 is 1.35 bits per heavy atom. The number of carbonyl (C=O) groups is 1. The van der Waals surface area contributed by atoms with E-state index in [1.165, 1.54) is 12.1 Å². The van der Waals surface area contributed by atoms with Crippen molar-refractivity contribution in [2.24, 2.45) is 0 Å². The van der Waals surface area contributed by atoms with Crippen LogP contribution in [0.3, 0.4) is 0 Å². The van der Waals surface area contributed by atoms with E-state index in [1.807, 2.05) is 0 Å². The standard InChI is InChI=1S/C12H8ClF3N2OS/c13-5-7-6-20-11(17-7)18-10(19)8-3-1-2-4-9(8)12(14,15)16/h1-4,6H,5H2,(H,17,18,19). The van der Waals surface area contributed by atoms with Crippen LogP contribution in [0.15, 0.2) is 29.6 Å². The number of anilines is 1. The smallest absolute Gasteiger partial charge is 0.298 e. The molecular weight excluding hydrogens is 313 g/mol. The Kier molecular flexibility index (Phi) is 4.29. The Morgan fingerprint density at radius 3 is 2.65 bits per heavy atom. The summed E-state index contributed by atoms with van der Waals surface area (Å²) in [6, 6.07) is 4.58. The van der Waals surface area contributed by atoms with Crippen LogP contribution in [-0.2, 0) is 12.1 Å². The van der Waals surface area contributed by atoms with E-state index in [1.54, 1.807) is 5.38 Å². The van der Waals surface area contributed by atoms with Crippen molar-refractivity contribution in [1.29, 1.82) is 0 Å². The number of hydrogen-bond acceptors (Lipinski definition) is 3. The largest absolute Gasteiger partial charge is 0.417 e. The lowest BCUT2D eigenvalue weighted by atomic mass is 10.1. The first-order valence-electron chi connectivity index (χ1n) is 5.39. The normalized spacial score (nSPS) is 11.4. The number of hydrogen-bond donors (Lipinski definition) is 1. The fourth-order valence-electron chi connectivity index (χ4n) is 1.52. The Hall–Kier alpha value is -1.60. The van der Waals surface area contributed by atoms with Crippen molar-refractivity contribution in [3.05, 3.63) is 46.5 Å². The maximum atomic E-state index is 12.8. The summed E-state index contributed by atoms with van der Waals surface area (Å²) in [6.45, 7) is 0. The number of thiazole rings is 1. The van der Waals surface area contributed by atoms with Gasteiger partial charge in [0.15, 0.2) is 5.13 Å². The highest BCUT2D eigenvalue weighted by Crippen LogP contribution is 2.32. The van der Waals surface area contributed by atoms with E-state index < -0.39 is 23.2 Å². The molecule has 2 aromatic rings. The summed E-state index contributed by atoms with van der Waals surface area (Å²) < 4.78 is 38.4. The molecule has 8 heteroatoms. The molecule has 1 N–H and O–H groups in total. The van der Waals surface area contributed by atoms with Crippen molar-refractivity contribution in [3.8, 4) is 0 Å². The van der Waals surface area contributed by atoms with Gasteiger partial charge in [0.25, 0.3) is 5.91 Å². The number of nitrogens with one attached hydrogen (secondary N) is 1. The summed E-state index contributed by atoms with van der Waals surface area (Å²) >= 11 is 6.66. The average molecular weight is 321 g/mol. The second-order valence-corrected chi connectivity index (χ2v) is 4.90. The first kappa shape index (κ1) is 14.8. The zero-order valence-corrected chi connectivity index (χ0v) is 11.4. The summed E-state index contributed by atoms with van der Waals surface area (Å²) in [6.07, 6.45) is -4.59. The van der Waals surface area contributed by atoms with Crippen LogP contribution in [-0.4, -0.2) is 10.9 Å². The van der Waals surface area contributed by atoms with Gasteiger partial charge >= 0.3 is 6.18 Å². The molecule has 0 saturated heterocycles. The molecule has 0 fully saturated rings. The predicted octanol–water partition coefficient (Wildman–Crippen LogP) is 4.15.